The molecule has 1 unspecified atom stereocenters. The van der Waals surface area contributed by atoms with Crippen molar-refractivity contribution in [2.24, 2.45) is 0 Å². The molecule has 16 heavy (non-hydrogen) atoms. The summed E-state index contributed by atoms with van der Waals surface area (Å²) in [5.74, 6) is 0.128. The monoisotopic (exact) mass is 227 g/mol. The second kappa shape index (κ2) is 5.27. The number of methoxy groups -OCH3 is 1. The number of nitrogens with one attached hydrogen (secondary N) is 1. The molecule has 0 aromatic heterocycles. The third-order valence-corrected chi connectivity index (χ3v) is 2.60. The van der Waals surface area contributed by atoms with Gasteiger partial charge in [-0.05, 0) is 45.1 Å². The highest BCUT2D eigenvalue weighted by Gasteiger charge is 2.26. The fraction of sp³-hybridized carbons (Fsp3) is 0.500. The maximum absolute atomic E-state index is 13.2. The fourth-order valence-electron chi connectivity index (χ4n) is 1.60. The summed E-state index contributed by atoms with van der Waals surface area (Å²) in [5.41, 5.74) is -0.624. The average molecular weight is 227 g/mol. The number of aliphatic hydroxyl groups is 1. The second-order valence-electron chi connectivity index (χ2n) is 3.97. The van der Waals surface area contributed by atoms with E-state index < -0.39 is 5.60 Å². The number of halogens is 1. The molecule has 0 saturated heterocycles. The minimum atomic E-state index is -1.10. The Kier molecular flexibility index (Phi) is 4.26. The second-order valence-corrected chi connectivity index (χ2v) is 3.97. The van der Waals surface area contributed by atoms with Crippen LogP contribution in [0.5, 0.6) is 5.75 Å². The van der Waals surface area contributed by atoms with Gasteiger partial charge in [0.2, 0.25) is 0 Å². The summed E-state index contributed by atoms with van der Waals surface area (Å²) < 4.78 is 18.3. The van der Waals surface area contributed by atoms with Crippen LogP contribution in [0.3, 0.4) is 0 Å². The van der Waals surface area contributed by atoms with E-state index in [2.05, 4.69) is 5.32 Å². The van der Waals surface area contributed by atoms with Crippen molar-refractivity contribution in [1.82, 2.24) is 5.32 Å². The van der Waals surface area contributed by atoms with Crippen molar-refractivity contribution in [3.05, 3.63) is 29.6 Å². The van der Waals surface area contributed by atoms with E-state index in [9.17, 15) is 9.50 Å². The maximum atomic E-state index is 13.2. The number of hydrogen-bond donors (Lipinski definition) is 2. The highest BCUT2D eigenvalue weighted by molar-refractivity contribution is 5.38. The molecule has 1 aromatic rings. The van der Waals surface area contributed by atoms with E-state index in [1.807, 2.05) is 0 Å². The van der Waals surface area contributed by atoms with Crippen LogP contribution in [0.4, 0.5) is 4.39 Å². The van der Waals surface area contributed by atoms with E-state index in [0.29, 0.717) is 24.3 Å². The van der Waals surface area contributed by atoms with Gasteiger partial charge < -0.3 is 15.2 Å². The van der Waals surface area contributed by atoms with Crippen LogP contribution in [0, 0.1) is 5.82 Å². The Bertz CT molecular complexity index is 353. The minimum Gasteiger partial charge on any atom is -0.496 e. The Morgan fingerprint density at radius 1 is 1.50 bits per heavy atom. The molecule has 0 bridgehead atoms. The third kappa shape index (κ3) is 2.93. The van der Waals surface area contributed by atoms with Crippen molar-refractivity contribution >= 4 is 0 Å². The van der Waals surface area contributed by atoms with Crippen LogP contribution in [-0.4, -0.2) is 25.8 Å². The van der Waals surface area contributed by atoms with Gasteiger partial charge in [0.05, 0.1) is 12.7 Å². The van der Waals surface area contributed by atoms with Crippen LogP contribution in [-0.2, 0) is 5.60 Å². The lowest BCUT2D eigenvalue weighted by molar-refractivity contribution is 0.0456. The molecule has 4 heteroatoms. The molecule has 3 nitrogen and oxygen atoms in total. The zero-order chi connectivity index (χ0) is 12.2. The quantitative estimate of drug-likeness (QED) is 0.803. The molecular formula is C12H18FNO2. The Balaban J connectivity index is 3.04. The van der Waals surface area contributed by atoms with Gasteiger partial charge in [0.1, 0.15) is 11.6 Å². The van der Waals surface area contributed by atoms with Crippen molar-refractivity contribution in [2.45, 2.75) is 18.9 Å². The smallest absolute Gasteiger partial charge is 0.125 e. The van der Waals surface area contributed by atoms with Gasteiger partial charge in [0.15, 0.2) is 0 Å². The summed E-state index contributed by atoms with van der Waals surface area (Å²) in [6.45, 7) is 2.30. The Morgan fingerprint density at radius 3 is 2.75 bits per heavy atom. The van der Waals surface area contributed by atoms with Crippen LogP contribution in [0.1, 0.15) is 18.9 Å². The molecule has 0 fully saturated rings. The highest BCUT2D eigenvalue weighted by Crippen LogP contribution is 2.32. The van der Waals surface area contributed by atoms with Gasteiger partial charge in [-0.1, -0.05) is 0 Å². The van der Waals surface area contributed by atoms with Crippen molar-refractivity contribution in [1.29, 1.82) is 0 Å². The molecule has 2 N–H and O–H groups in total. The third-order valence-electron chi connectivity index (χ3n) is 2.60. The molecule has 0 amide bonds. The molecular weight excluding hydrogens is 209 g/mol. The topological polar surface area (TPSA) is 41.5 Å². The lowest BCUT2D eigenvalue weighted by Crippen LogP contribution is -2.27. The number of benzene rings is 1. The van der Waals surface area contributed by atoms with Crippen molar-refractivity contribution in [2.75, 3.05) is 20.7 Å². The van der Waals surface area contributed by atoms with Crippen LogP contribution >= 0.6 is 0 Å². The standard InChI is InChI=1S/C12H18FNO2/c1-12(15,6-7-14-2)10-8-9(13)4-5-11(10)16-3/h4-5,8,14-15H,6-7H2,1-3H3. The number of rotatable bonds is 5. The summed E-state index contributed by atoms with van der Waals surface area (Å²) in [7, 11) is 3.31. The summed E-state index contributed by atoms with van der Waals surface area (Å²) in [5, 5.41) is 13.2. The maximum Gasteiger partial charge on any atom is 0.125 e. The Hall–Kier alpha value is -1.13. The molecule has 0 heterocycles. The predicted molar refractivity (Wildman–Crippen MR) is 61.1 cm³/mol. The molecule has 0 spiro atoms. The van der Waals surface area contributed by atoms with E-state index in [-0.39, 0.29) is 5.82 Å². The molecule has 1 aromatic carbocycles. The zero-order valence-electron chi connectivity index (χ0n) is 9.88. The van der Waals surface area contributed by atoms with Crippen LogP contribution in [0.25, 0.3) is 0 Å². The molecule has 1 atom stereocenters. The summed E-state index contributed by atoms with van der Waals surface area (Å²) in [6, 6.07) is 4.16. The highest BCUT2D eigenvalue weighted by atomic mass is 19.1. The zero-order valence-corrected chi connectivity index (χ0v) is 9.88. The summed E-state index contributed by atoms with van der Waals surface area (Å²) >= 11 is 0. The van der Waals surface area contributed by atoms with E-state index in [4.69, 9.17) is 4.74 Å². The van der Waals surface area contributed by atoms with E-state index in [1.54, 1.807) is 14.0 Å². The van der Waals surface area contributed by atoms with Gasteiger partial charge in [-0.25, -0.2) is 4.39 Å². The molecule has 0 aliphatic carbocycles. The SMILES string of the molecule is CNCCC(C)(O)c1cc(F)ccc1OC. The van der Waals surface area contributed by atoms with Gasteiger partial charge in [-0.2, -0.15) is 0 Å². The average Bonchev–Trinajstić information content (AvgIpc) is 2.26. The van der Waals surface area contributed by atoms with Crippen LogP contribution in [0.15, 0.2) is 18.2 Å². The first-order chi connectivity index (χ1) is 7.51. The molecule has 0 radical (unpaired) electrons. The molecule has 0 aliphatic heterocycles. The van der Waals surface area contributed by atoms with Gasteiger partial charge in [0, 0.05) is 5.56 Å². The van der Waals surface area contributed by atoms with Gasteiger partial charge in [-0.3, -0.25) is 0 Å². The Labute approximate surface area is 95.2 Å². The lowest BCUT2D eigenvalue weighted by atomic mass is 9.91. The molecule has 1 rings (SSSR count). The first-order valence-corrected chi connectivity index (χ1v) is 5.22. The van der Waals surface area contributed by atoms with Crippen LogP contribution in [0.2, 0.25) is 0 Å². The van der Waals surface area contributed by atoms with Gasteiger partial charge >= 0.3 is 0 Å². The van der Waals surface area contributed by atoms with E-state index in [1.165, 1.54) is 25.3 Å². The lowest BCUT2D eigenvalue weighted by Gasteiger charge is -2.25. The first kappa shape index (κ1) is 12.9. The number of hydrogen-bond acceptors (Lipinski definition) is 3. The molecule has 90 valence electrons. The minimum absolute atomic E-state index is 0.375. The van der Waals surface area contributed by atoms with E-state index >= 15 is 0 Å². The van der Waals surface area contributed by atoms with Crippen LogP contribution < -0.4 is 10.1 Å². The summed E-state index contributed by atoms with van der Waals surface area (Å²) in [6.07, 6.45) is 0.489. The van der Waals surface area contributed by atoms with Crippen molar-refractivity contribution in [3.8, 4) is 5.75 Å². The largest absolute Gasteiger partial charge is 0.496 e. The van der Waals surface area contributed by atoms with Crippen molar-refractivity contribution in [3.63, 3.8) is 0 Å². The van der Waals surface area contributed by atoms with Gasteiger partial charge in [-0.15, -0.1) is 0 Å². The van der Waals surface area contributed by atoms with Gasteiger partial charge in [0.25, 0.3) is 0 Å². The first-order valence-electron chi connectivity index (χ1n) is 5.22. The molecule has 0 saturated carbocycles. The normalized spacial score (nSPS) is 14.6. The number of ether oxygens (including phenoxy) is 1. The van der Waals surface area contributed by atoms with E-state index in [0.717, 1.165) is 0 Å². The fourth-order valence-corrected chi connectivity index (χ4v) is 1.60. The van der Waals surface area contributed by atoms with Crippen molar-refractivity contribution < 1.29 is 14.2 Å². The molecule has 0 aliphatic rings. The predicted octanol–water partition coefficient (Wildman–Crippen LogP) is 1.65. The summed E-state index contributed by atoms with van der Waals surface area (Å²) in [4.78, 5) is 0. The Morgan fingerprint density at radius 2 is 2.19 bits per heavy atom.